The second kappa shape index (κ2) is 13.9. The molecule has 3 aromatic carbocycles. The number of amides is 1. The molecule has 0 unspecified atom stereocenters. The number of hydrogen-bond acceptors (Lipinski definition) is 10. The third-order valence-corrected chi connectivity index (χ3v) is 7.18. The first-order chi connectivity index (χ1) is 18.2. The number of carbonyl (C=O) groups is 2. The van der Waals surface area contributed by atoms with Crippen LogP contribution in [0.3, 0.4) is 0 Å². The predicted molar refractivity (Wildman–Crippen MR) is 141 cm³/mol. The number of nitrogens with zero attached hydrogens (tertiary/aromatic N) is 2. The van der Waals surface area contributed by atoms with Crippen LogP contribution in [0.5, 0.6) is 5.75 Å². The van der Waals surface area contributed by atoms with Gasteiger partial charge in [-0.15, -0.1) is 0 Å². The highest BCUT2D eigenvalue weighted by molar-refractivity contribution is 8.76. The van der Waals surface area contributed by atoms with Crippen molar-refractivity contribution < 1.29 is 34.0 Å². The number of aliphatic carboxylic acids is 1. The highest BCUT2D eigenvalue weighted by Gasteiger charge is 2.20. The lowest BCUT2D eigenvalue weighted by Crippen LogP contribution is -2.13. The maximum absolute atomic E-state index is 12.1. The van der Waals surface area contributed by atoms with E-state index >= 15 is 0 Å². The summed E-state index contributed by atoms with van der Waals surface area (Å²) in [6, 6.07) is 17.0. The molecule has 3 aromatic rings. The maximum Gasteiger partial charge on any atom is 0.411 e. The maximum atomic E-state index is 12.1. The standard InChI is InChI=1S/C24H21N3O9S2/c28-23(29)11-12-37-38-20-8-3-17(4-9-20)15-36-24(30)25-18-5-1-16(2-6-18)14-35-22-10-7-19(26(31)32)13-21(22)27(33)34/h1-10,13H,11-12,14-15H2,(H,25,30)(H,28,29). The van der Waals surface area contributed by atoms with Gasteiger partial charge in [-0.3, -0.25) is 30.3 Å². The first kappa shape index (κ1) is 28.3. The molecule has 0 aliphatic rings. The van der Waals surface area contributed by atoms with Crippen LogP contribution < -0.4 is 10.1 Å². The molecule has 0 saturated carbocycles. The van der Waals surface area contributed by atoms with Crippen molar-refractivity contribution in [3.05, 3.63) is 98.1 Å². The highest BCUT2D eigenvalue weighted by atomic mass is 33.1. The third kappa shape index (κ3) is 8.97. The van der Waals surface area contributed by atoms with Crippen molar-refractivity contribution in [1.82, 2.24) is 0 Å². The van der Waals surface area contributed by atoms with Gasteiger partial charge in [0.2, 0.25) is 0 Å². The molecule has 0 radical (unpaired) electrons. The predicted octanol–water partition coefficient (Wildman–Crippen LogP) is 6.05. The molecule has 0 aliphatic carbocycles. The number of nitro groups is 2. The van der Waals surface area contributed by atoms with Crippen LogP contribution in [0.25, 0.3) is 0 Å². The van der Waals surface area contributed by atoms with Crippen molar-refractivity contribution in [1.29, 1.82) is 0 Å². The van der Waals surface area contributed by atoms with Crippen LogP contribution >= 0.6 is 21.6 Å². The minimum Gasteiger partial charge on any atom is -0.482 e. The Hall–Kier alpha value is -4.30. The molecule has 0 aromatic heterocycles. The third-order valence-electron chi connectivity index (χ3n) is 4.79. The molecule has 0 bridgehead atoms. The summed E-state index contributed by atoms with van der Waals surface area (Å²) in [5, 5.41) is 33.3. The van der Waals surface area contributed by atoms with Crippen LogP contribution in [-0.4, -0.2) is 32.8 Å². The average Bonchev–Trinajstić information content (AvgIpc) is 2.90. The molecule has 0 aliphatic heterocycles. The SMILES string of the molecule is O=C(O)CCSSc1ccc(COC(=O)Nc2ccc(COc3ccc([N+](=O)[O-])cc3[N+](=O)[O-])cc2)cc1. The molecular formula is C24H21N3O9S2. The van der Waals surface area contributed by atoms with E-state index < -0.39 is 33.3 Å². The van der Waals surface area contributed by atoms with E-state index in [1.54, 1.807) is 24.3 Å². The fraction of sp³-hybridized carbons (Fsp3) is 0.167. The summed E-state index contributed by atoms with van der Waals surface area (Å²) in [5.74, 6) is -0.432. The van der Waals surface area contributed by atoms with Crippen molar-refractivity contribution in [3.63, 3.8) is 0 Å². The second-order valence-corrected chi connectivity index (χ2v) is 10.0. The monoisotopic (exact) mass is 559 g/mol. The zero-order valence-electron chi connectivity index (χ0n) is 19.6. The van der Waals surface area contributed by atoms with E-state index in [0.29, 0.717) is 17.0 Å². The Labute approximate surface area is 224 Å². The molecule has 0 spiro atoms. The Morgan fingerprint density at radius 2 is 1.55 bits per heavy atom. The number of carboxylic acids is 1. The Bertz CT molecular complexity index is 1300. The molecule has 1 amide bonds. The van der Waals surface area contributed by atoms with E-state index in [2.05, 4.69) is 5.32 Å². The number of non-ortho nitro benzene ring substituents is 1. The number of nitrogens with one attached hydrogen (secondary N) is 1. The Kier molecular flexibility index (Phi) is 10.3. The summed E-state index contributed by atoms with van der Waals surface area (Å²) in [5.41, 5.74) is 0.975. The fourth-order valence-corrected chi connectivity index (χ4v) is 4.88. The van der Waals surface area contributed by atoms with E-state index in [-0.39, 0.29) is 25.4 Å². The van der Waals surface area contributed by atoms with Crippen molar-refractivity contribution in [2.75, 3.05) is 11.1 Å². The average molecular weight is 560 g/mol. The minimum absolute atomic E-state index is 0.0320. The second-order valence-electron chi connectivity index (χ2n) is 7.55. The summed E-state index contributed by atoms with van der Waals surface area (Å²) in [6.07, 6.45) is -0.555. The molecule has 38 heavy (non-hydrogen) atoms. The lowest BCUT2D eigenvalue weighted by Gasteiger charge is -2.09. The molecule has 12 nitrogen and oxygen atoms in total. The number of anilines is 1. The van der Waals surface area contributed by atoms with Crippen LogP contribution in [0, 0.1) is 20.2 Å². The molecule has 0 atom stereocenters. The van der Waals surface area contributed by atoms with Gasteiger partial charge in [-0.2, -0.15) is 0 Å². The summed E-state index contributed by atoms with van der Waals surface area (Å²) in [7, 11) is 2.92. The first-order valence-electron chi connectivity index (χ1n) is 10.9. The van der Waals surface area contributed by atoms with Crippen LogP contribution in [0.4, 0.5) is 21.9 Å². The molecule has 2 N–H and O–H groups in total. The summed E-state index contributed by atoms with van der Waals surface area (Å²) >= 11 is 0. The first-order valence-corrected chi connectivity index (χ1v) is 13.2. The number of rotatable bonds is 13. The van der Waals surface area contributed by atoms with Crippen LogP contribution in [0.2, 0.25) is 0 Å². The van der Waals surface area contributed by atoms with Gasteiger partial charge in [0, 0.05) is 22.4 Å². The van der Waals surface area contributed by atoms with Crippen molar-refractivity contribution >= 4 is 50.7 Å². The van der Waals surface area contributed by atoms with E-state index in [4.69, 9.17) is 14.6 Å². The molecule has 14 heteroatoms. The number of nitro benzene ring substituents is 2. The number of carboxylic acid groups (broad SMARTS) is 1. The zero-order valence-corrected chi connectivity index (χ0v) is 21.2. The molecule has 0 heterocycles. The van der Waals surface area contributed by atoms with Gasteiger partial charge in [0.15, 0.2) is 5.75 Å². The Balaban J connectivity index is 1.45. The van der Waals surface area contributed by atoms with E-state index in [1.807, 2.05) is 24.3 Å². The lowest BCUT2D eigenvalue weighted by molar-refractivity contribution is -0.394. The smallest absolute Gasteiger partial charge is 0.411 e. The summed E-state index contributed by atoms with van der Waals surface area (Å²) in [6.45, 7) is 0.0264. The number of carbonyl (C=O) groups excluding carboxylic acids is 1. The molecular weight excluding hydrogens is 538 g/mol. The van der Waals surface area contributed by atoms with E-state index in [1.165, 1.54) is 27.7 Å². The van der Waals surface area contributed by atoms with Gasteiger partial charge in [0.05, 0.1) is 22.3 Å². The van der Waals surface area contributed by atoms with Crippen molar-refractivity contribution in [2.24, 2.45) is 0 Å². The largest absolute Gasteiger partial charge is 0.482 e. The van der Waals surface area contributed by atoms with Crippen molar-refractivity contribution in [3.8, 4) is 5.75 Å². The molecule has 0 saturated heterocycles. The van der Waals surface area contributed by atoms with Gasteiger partial charge >= 0.3 is 17.7 Å². The van der Waals surface area contributed by atoms with Crippen LogP contribution in [-0.2, 0) is 22.7 Å². The highest BCUT2D eigenvalue weighted by Crippen LogP contribution is 2.32. The molecule has 3 rings (SSSR count). The van der Waals surface area contributed by atoms with Gasteiger partial charge in [-0.05, 0) is 41.5 Å². The summed E-state index contributed by atoms with van der Waals surface area (Å²) < 4.78 is 10.7. The van der Waals surface area contributed by atoms with Crippen molar-refractivity contribution in [2.45, 2.75) is 24.5 Å². The van der Waals surface area contributed by atoms with Crippen LogP contribution in [0.15, 0.2) is 71.6 Å². The van der Waals surface area contributed by atoms with Gasteiger partial charge in [-0.1, -0.05) is 45.9 Å². The topological polar surface area (TPSA) is 171 Å². The van der Waals surface area contributed by atoms with E-state index in [9.17, 15) is 29.8 Å². The van der Waals surface area contributed by atoms with Gasteiger partial charge in [0.1, 0.15) is 13.2 Å². The molecule has 0 fully saturated rings. The van der Waals surface area contributed by atoms with Crippen LogP contribution in [0.1, 0.15) is 17.5 Å². The number of ether oxygens (including phenoxy) is 2. The Morgan fingerprint density at radius 3 is 2.18 bits per heavy atom. The lowest BCUT2D eigenvalue weighted by atomic mass is 10.2. The molecule has 198 valence electrons. The minimum atomic E-state index is -0.832. The van der Waals surface area contributed by atoms with Gasteiger partial charge in [-0.25, -0.2) is 4.79 Å². The normalized spacial score (nSPS) is 10.4. The van der Waals surface area contributed by atoms with E-state index in [0.717, 1.165) is 22.6 Å². The fourth-order valence-electron chi connectivity index (χ4n) is 2.91. The quantitative estimate of drug-likeness (QED) is 0.108. The zero-order chi connectivity index (χ0) is 27.5. The number of benzene rings is 3. The summed E-state index contributed by atoms with van der Waals surface area (Å²) in [4.78, 5) is 44.2. The van der Waals surface area contributed by atoms with Gasteiger partial charge in [0.25, 0.3) is 5.69 Å². The Morgan fingerprint density at radius 1 is 0.895 bits per heavy atom. The number of hydrogen-bond donors (Lipinski definition) is 2. The van der Waals surface area contributed by atoms with Gasteiger partial charge < -0.3 is 14.6 Å².